The molecule has 0 aliphatic heterocycles. The van der Waals surface area contributed by atoms with E-state index in [1.54, 1.807) is 0 Å². The predicted octanol–water partition coefficient (Wildman–Crippen LogP) is 6.76. The van der Waals surface area contributed by atoms with Gasteiger partial charge in [-0.05, 0) is 35.4 Å². The lowest BCUT2D eigenvalue weighted by atomic mass is 10.0. The summed E-state index contributed by atoms with van der Waals surface area (Å²) in [7, 11) is 0. The van der Waals surface area contributed by atoms with Crippen LogP contribution in [0.4, 0.5) is 0 Å². The molecular weight excluding hydrogens is 384 g/mol. The minimum atomic E-state index is -0.664. The molecule has 0 aliphatic carbocycles. The van der Waals surface area contributed by atoms with Crippen LogP contribution < -0.4 is 4.74 Å². The zero-order valence-electron chi connectivity index (χ0n) is 17.2. The van der Waals surface area contributed by atoms with E-state index in [0.717, 1.165) is 33.7 Å². The maximum atomic E-state index is 10.3. The van der Waals surface area contributed by atoms with Gasteiger partial charge < -0.3 is 14.6 Å². The highest BCUT2D eigenvalue weighted by Crippen LogP contribution is 2.36. The van der Waals surface area contributed by atoms with E-state index in [1.165, 1.54) is 32.1 Å². The van der Waals surface area contributed by atoms with Crippen LogP contribution in [-0.2, 0) is 4.74 Å². The summed E-state index contributed by atoms with van der Waals surface area (Å²) in [6.45, 7) is 3.39. The van der Waals surface area contributed by atoms with Crippen molar-refractivity contribution >= 4 is 33.1 Å². The zero-order chi connectivity index (χ0) is 20.5. The summed E-state index contributed by atoms with van der Waals surface area (Å²) in [5.41, 5.74) is 0. The average molecular weight is 415 g/mol. The Morgan fingerprint density at radius 1 is 0.862 bits per heavy atom. The summed E-state index contributed by atoms with van der Waals surface area (Å²) in [5.74, 6) is 0.760. The van der Waals surface area contributed by atoms with Crippen LogP contribution in [0.3, 0.4) is 0 Å². The van der Waals surface area contributed by atoms with Gasteiger partial charge >= 0.3 is 0 Å². The molecule has 0 fully saturated rings. The highest BCUT2D eigenvalue weighted by atomic mass is 35.5. The highest BCUT2D eigenvalue weighted by Gasteiger charge is 2.12. The molecule has 0 radical (unpaired) electrons. The van der Waals surface area contributed by atoms with E-state index >= 15 is 0 Å². The maximum Gasteiger partial charge on any atom is 0.135 e. The maximum absolute atomic E-state index is 10.3. The van der Waals surface area contributed by atoms with Crippen molar-refractivity contribution < 1.29 is 14.6 Å². The van der Waals surface area contributed by atoms with Crippen LogP contribution in [0.1, 0.15) is 45.4 Å². The third-order valence-corrected chi connectivity index (χ3v) is 5.38. The Hall–Kier alpha value is -1.81. The molecule has 0 saturated heterocycles. The van der Waals surface area contributed by atoms with E-state index in [2.05, 4.69) is 19.1 Å². The Balaban J connectivity index is 1.56. The van der Waals surface area contributed by atoms with Crippen LogP contribution in [0.25, 0.3) is 21.5 Å². The van der Waals surface area contributed by atoms with Gasteiger partial charge in [0.15, 0.2) is 0 Å². The molecule has 3 aromatic carbocycles. The minimum Gasteiger partial charge on any atom is -0.489 e. The number of hydrogen-bond acceptors (Lipinski definition) is 3. The number of benzene rings is 3. The van der Waals surface area contributed by atoms with Gasteiger partial charge in [-0.1, -0.05) is 81.0 Å². The third-order valence-electron chi connectivity index (χ3n) is 5.15. The minimum absolute atomic E-state index is 0.187. The number of rotatable bonds is 12. The number of halogens is 1. The molecule has 156 valence electrons. The van der Waals surface area contributed by atoms with E-state index in [9.17, 15) is 5.11 Å². The van der Waals surface area contributed by atoms with E-state index in [0.29, 0.717) is 18.2 Å². The molecule has 0 aliphatic rings. The van der Waals surface area contributed by atoms with Crippen molar-refractivity contribution in [1.29, 1.82) is 0 Å². The zero-order valence-corrected chi connectivity index (χ0v) is 18.0. The SMILES string of the molecule is CCCCCCCCOCC(O)COc1c2ccccc2cc2ccc(Cl)cc12. The van der Waals surface area contributed by atoms with Gasteiger partial charge in [0.1, 0.15) is 18.5 Å². The van der Waals surface area contributed by atoms with Crippen molar-refractivity contribution in [3.63, 3.8) is 0 Å². The van der Waals surface area contributed by atoms with Gasteiger partial charge in [0.2, 0.25) is 0 Å². The largest absolute Gasteiger partial charge is 0.489 e. The smallest absolute Gasteiger partial charge is 0.135 e. The van der Waals surface area contributed by atoms with Crippen molar-refractivity contribution in [3.8, 4) is 5.75 Å². The number of aliphatic hydroxyl groups is 1. The number of aliphatic hydroxyl groups excluding tert-OH is 1. The first-order chi connectivity index (χ1) is 14.2. The van der Waals surface area contributed by atoms with Crippen molar-refractivity contribution in [3.05, 3.63) is 53.6 Å². The summed E-state index contributed by atoms with van der Waals surface area (Å²) >= 11 is 6.22. The molecular formula is C25H31ClO3. The molecule has 0 spiro atoms. The molecule has 0 amide bonds. The predicted molar refractivity (Wildman–Crippen MR) is 122 cm³/mol. The molecule has 0 bridgehead atoms. The fourth-order valence-corrected chi connectivity index (χ4v) is 3.75. The van der Waals surface area contributed by atoms with Crippen LogP contribution in [0.5, 0.6) is 5.75 Å². The molecule has 3 rings (SSSR count). The van der Waals surface area contributed by atoms with Crippen LogP contribution in [0, 0.1) is 0 Å². The molecule has 0 aromatic heterocycles. The molecule has 29 heavy (non-hydrogen) atoms. The Morgan fingerprint density at radius 2 is 1.62 bits per heavy atom. The fourth-order valence-electron chi connectivity index (χ4n) is 3.58. The number of hydrogen-bond donors (Lipinski definition) is 1. The molecule has 1 N–H and O–H groups in total. The van der Waals surface area contributed by atoms with Gasteiger partial charge in [0, 0.05) is 22.4 Å². The van der Waals surface area contributed by atoms with Crippen molar-refractivity contribution in [2.45, 2.75) is 51.6 Å². The van der Waals surface area contributed by atoms with E-state index in [4.69, 9.17) is 21.1 Å². The van der Waals surface area contributed by atoms with Gasteiger partial charge in [-0.2, -0.15) is 0 Å². The monoisotopic (exact) mass is 414 g/mol. The average Bonchev–Trinajstić information content (AvgIpc) is 2.73. The van der Waals surface area contributed by atoms with Crippen LogP contribution in [0.15, 0.2) is 48.5 Å². The molecule has 0 heterocycles. The van der Waals surface area contributed by atoms with E-state index < -0.39 is 6.10 Å². The number of ether oxygens (including phenoxy) is 2. The second-order valence-electron chi connectivity index (χ2n) is 7.60. The molecule has 3 aromatic rings. The lowest BCUT2D eigenvalue weighted by molar-refractivity contribution is 0.0115. The quantitative estimate of drug-likeness (QED) is 0.262. The Labute approximate surface area is 178 Å². The second kappa shape index (κ2) is 11.4. The lowest BCUT2D eigenvalue weighted by Gasteiger charge is -2.16. The molecule has 1 unspecified atom stereocenters. The Bertz CT molecular complexity index is 909. The standard InChI is InChI=1S/C25H31ClO3/c1-2-3-4-5-6-9-14-28-17-22(27)18-29-25-23-11-8-7-10-19(23)15-20-12-13-21(26)16-24(20)25/h7-8,10-13,15-16,22,27H,2-6,9,14,17-18H2,1H3. The molecule has 3 nitrogen and oxygen atoms in total. The molecule has 1 atom stereocenters. The normalized spacial score (nSPS) is 12.5. The second-order valence-corrected chi connectivity index (χ2v) is 8.04. The van der Waals surface area contributed by atoms with Crippen LogP contribution in [-0.4, -0.2) is 31.0 Å². The van der Waals surface area contributed by atoms with Crippen molar-refractivity contribution in [2.75, 3.05) is 19.8 Å². The Morgan fingerprint density at radius 3 is 2.48 bits per heavy atom. The first-order valence-corrected chi connectivity index (χ1v) is 11.1. The summed E-state index contributed by atoms with van der Waals surface area (Å²) in [6, 6.07) is 16.0. The van der Waals surface area contributed by atoms with Crippen LogP contribution in [0.2, 0.25) is 5.02 Å². The molecule has 0 saturated carbocycles. The van der Waals surface area contributed by atoms with Gasteiger partial charge in [-0.25, -0.2) is 0 Å². The van der Waals surface area contributed by atoms with E-state index in [-0.39, 0.29) is 6.61 Å². The van der Waals surface area contributed by atoms with Gasteiger partial charge in [-0.15, -0.1) is 0 Å². The lowest BCUT2D eigenvalue weighted by Crippen LogP contribution is -2.23. The summed E-state index contributed by atoms with van der Waals surface area (Å²) < 4.78 is 11.7. The summed E-state index contributed by atoms with van der Waals surface area (Å²) in [6.07, 6.45) is 6.71. The summed E-state index contributed by atoms with van der Waals surface area (Å²) in [4.78, 5) is 0. The van der Waals surface area contributed by atoms with Gasteiger partial charge in [0.05, 0.1) is 6.61 Å². The fraction of sp³-hybridized carbons (Fsp3) is 0.440. The van der Waals surface area contributed by atoms with Gasteiger partial charge in [-0.3, -0.25) is 0 Å². The van der Waals surface area contributed by atoms with E-state index in [1.807, 2.05) is 36.4 Å². The topological polar surface area (TPSA) is 38.7 Å². The summed E-state index contributed by atoms with van der Waals surface area (Å²) in [5, 5.41) is 15.1. The highest BCUT2D eigenvalue weighted by molar-refractivity contribution is 6.31. The van der Waals surface area contributed by atoms with Crippen molar-refractivity contribution in [2.24, 2.45) is 0 Å². The third kappa shape index (κ3) is 6.33. The van der Waals surface area contributed by atoms with Crippen LogP contribution >= 0.6 is 11.6 Å². The number of unbranched alkanes of at least 4 members (excludes halogenated alkanes) is 5. The first-order valence-electron chi connectivity index (χ1n) is 10.7. The molecule has 4 heteroatoms. The van der Waals surface area contributed by atoms with Gasteiger partial charge in [0.25, 0.3) is 0 Å². The number of fused-ring (bicyclic) bond motifs is 2. The Kier molecular flexibility index (Phi) is 8.60. The van der Waals surface area contributed by atoms with Crippen molar-refractivity contribution in [1.82, 2.24) is 0 Å². The first kappa shape index (κ1) is 21.9.